The number of benzene rings is 1. The fourth-order valence-electron chi connectivity index (χ4n) is 2.19. The van der Waals surface area contributed by atoms with Crippen LogP contribution in [0.4, 0.5) is 5.69 Å². The largest absolute Gasteiger partial charge is 0.487 e. The van der Waals surface area contributed by atoms with E-state index in [4.69, 9.17) is 10.5 Å². The molecule has 1 fully saturated rings. The number of nitrogens with two attached hydrogens (primary N) is 1. The Kier molecular flexibility index (Phi) is 4.52. The number of carbonyl (C=O) groups excluding carboxylic acids is 1. The van der Waals surface area contributed by atoms with E-state index in [2.05, 4.69) is 5.32 Å². The van der Waals surface area contributed by atoms with Crippen LogP contribution >= 0.6 is 0 Å². The van der Waals surface area contributed by atoms with Crippen molar-refractivity contribution in [3.8, 4) is 5.75 Å². The van der Waals surface area contributed by atoms with Gasteiger partial charge in [0, 0.05) is 17.7 Å². The van der Waals surface area contributed by atoms with Crippen LogP contribution in [0.2, 0.25) is 0 Å². The highest BCUT2D eigenvalue weighted by molar-refractivity contribution is 5.93. The molecule has 0 aliphatic carbocycles. The molecule has 0 aromatic heterocycles. The quantitative estimate of drug-likeness (QED) is 0.619. The Morgan fingerprint density at radius 1 is 1.45 bits per heavy atom. The van der Waals surface area contributed by atoms with Gasteiger partial charge in [0.1, 0.15) is 0 Å². The molecule has 3 N–H and O–H groups in total. The monoisotopic (exact) mass is 279 g/mol. The van der Waals surface area contributed by atoms with Crippen molar-refractivity contribution in [1.82, 2.24) is 5.32 Å². The Labute approximate surface area is 116 Å². The fraction of sp³-hybridized carbons (Fsp3) is 0.462. The first kappa shape index (κ1) is 14.3. The number of piperidine rings is 1. The molecule has 1 aliphatic rings. The van der Waals surface area contributed by atoms with E-state index >= 15 is 0 Å². The van der Waals surface area contributed by atoms with Crippen molar-refractivity contribution in [3.63, 3.8) is 0 Å². The van der Waals surface area contributed by atoms with Crippen molar-refractivity contribution in [2.75, 3.05) is 19.7 Å². The lowest BCUT2D eigenvalue weighted by Gasteiger charge is -2.22. The van der Waals surface area contributed by atoms with E-state index in [0.29, 0.717) is 12.5 Å². The minimum absolute atomic E-state index is 0.102. The van der Waals surface area contributed by atoms with Crippen LogP contribution in [-0.2, 0) is 0 Å². The first-order chi connectivity index (χ1) is 9.58. The lowest BCUT2D eigenvalue weighted by atomic mass is 9.99. The Bertz CT molecular complexity index is 512. The predicted molar refractivity (Wildman–Crippen MR) is 72.7 cm³/mol. The number of nitrogens with zero attached hydrogens (tertiary/aromatic N) is 1. The summed E-state index contributed by atoms with van der Waals surface area (Å²) in [6.07, 6.45) is 1.95. The normalized spacial score (nSPS) is 15.8. The molecule has 0 atom stereocenters. The van der Waals surface area contributed by atoms with Crippen LogP contribution < -0.4 is 15.8 Å². The van der Waals surface area contributed by atoms with Gasteiger partial charge in [-0.1, -0.05) is 0 Å². The third-order valence-electron chi connectivity index (χ3n) is 3.37. The summed E-state index contributed by atoms with van der Waals surface area (Å²) in [5.41, 5.74) is 5.23. The van der Waals surface area contributed by atoms with E-state index in [0.717, 1.165) is 25.9 Å². The zero-order valence-corrected chi connectivity index (χ0v) is 11.0. The van der Waals surface area contributed by atoms with Gasteiger partial charge in [-0.15, -0.1) is 0 Å². The average Bonchev–Trinajstić information content (AvgIpc) is 2.45. The average molecular weight is 279 g/mol. The lowest BCUT2D eigenvalue weighted by molar-refractivity contribution is -0.385. The Hall–Kier alpha value is -2.15. The number of amides is 1. The molecule has 1 heterocycles. The Balaban J connectivity index is 2.12. The van der Waals surface area contributed by atoms with Gasteiger partial charge in [-0.2, -0.15) is 0 Å². The molecular weight excluding hydrogens is 262 g/mol. The van der Waals surface area contributed by atoms with Gasteiger partial charge in [0.25, 0.3) is 0 Å². The number of ether oxygens (including phenoxy) is 1. The molecule has 108 valence electrons. The SMILES string of the molecule is NC(=O)c1ccc([N+](=O)[O-])c(OCC2CCNCC2)c1. The molecule has 0 bridgehead atoms. The molecule has 1 aromatic carbocycles. The maximum atomic E-state index is 11.1. The van der Waals surface area contributed by atoms with Crippen LogP contribution in [0, 0.1) is 16.0 Å². The first-order valence-electron chi connectivity index (χ1n) is 6.49. The van der Waals surface area contributed by atoms with E-state index in [-0.39, 0.29) is 17.0 Å². The molecule has 1 aromatic rings. The summed E-state index contributed by atoms with van der Waals surface area (Å²) in [5, 5.41) is 14.2. The van der Waals surface area contributed by atoms with E-state index in [9.17, 15) is 14.9 Å². The second kappa shape index (κ2) is 6.33. The highest BCUT2D eigenvalue weighted by Crippen LogP contribution is 2.29. The van der Waals surface area contributed by atoms with Crippen molar-refractivity contribution in [3.05, 3.63) is 33.9 Å². The molecule has 7 nitrogen and oxygen atoms in total. The van der Waals surface area contributed by atoms with Gasteiger partial charge >= 0.3 is 5.69 Å². The van der Waals surface area contributed by atoms with Gasteiger partial charge in [0.05, 0.1) is 11.5 Å². The number of nitrogens with one attached hydrogen (secondary N) is 1. The van der Waals surface area contributed by atoms with Crippen LogP contribution in [0.5, 0.6) is 5.75 Å². The number of nitro benzene ring substituents is 1. The third-order valence-corrected chi connectivity index (χ3v) is 3.37. The summed E-state index contributed by atoms with van der Waals surface area (Å²) in [6, 6.07) is 3.91. The maximum Gasteiger partial charge on any atom is 0.310 e. The molecule has 0 spiro atoms. The van der Waals surface area contributed by atoms with E-state index < -0.39 is 10.8 Å². The molecule has 1 aliphatic heterocycles. The molecule has 1 amide bonds. The lowest BCUT2D eigenvalue weighted by Crippen LogP contribution is -2.30. The molecule has 7 heteroatoms. The molecule has 0 radical (unpaired) electrons. The number of hydrogen-bond donors (Lipinski definition) is 2. The minimum atomic E-state index is -0.633. The van der Waals surface area contributed by atoms with Crippen LogP contribution in [0.25, 0.3) is 0 Å². The Morgan fingerprint density at radius 2 is 2.15 bits per heavy atom. The van der Waals surface area contributed by atoms with Gasteiger partial charge in [0.2, 0.25) is 5.91 Å². The maximum absolute atomic E-state index is 11.1. The minimum Gasteiger partial charge on any atom is -0.487 e. The number of carbonyl (C=O) groups is 1. The van der Waals surface area contributed by atoms with Gasteiger partial charge in [0.15, 0.2) is 5.75 Å². The van der Waals surface area contributed by atoms with E-state index in [1.807, 2.05) is 0 Å². The standard InChI is InChI=1S/C13H17N3O4/c14-13(17)10-1-2-11(16(18)19)12(7-10)20-8-9-3-5-15-6-4-9/h1-2,7,9,15H,3-6,8H2,(H2,14,17). The van der Waals surface area contributed by atoms with Crippen molar-refractivity contribution in [2.24, 2.45) is 11.7 Å². The van der Waals surface area contributed by atoms with Gasteiger partial charge in [-0.25, -0.2) is 0 Å². The van der Waals surface area contributed by atoms with Crippen LogP contribution in [-0.4, -0.2) is 30.5 Å². The van der Waals surface area contributed by atoms with Crippen LogP contribution in [0.15, 0.2) is 18.2 Å². The molecule has 20 heavy (non-hydrogen) atoms. The number of nitro groups is 1. The summed E-state index contributed by atoms with van der Waals surface area (Å²) in [4.78, 5) is 21.6. The summed E-state index contributed by atoms with van der Waals surface area (Å²) in [5.74, 6) is -0.162. The zero-order chi connectivity index (χ0) is 14.5. The second-order valence-electron chi connectivity index (χ2n) is 4.81. The second-order valence-corrected chi connectivity index (χ2v) is 4.81. The molecule has 0 unspecified atom stereocenters. The number of hydrogen-bond acceptors (Lipinski definition) is 5. The van der Waals surface area contributed by atoms with Crippen molar-refractivity contribution in [2.45, 2.75) is 12.8 Å². The van der Waals surface area contributed by atoms with E-state index in [1.165, 1.54) is 18.2 Å². The van der Waals surface area contributed by atoms with Crippen molar-refractivity contribution < 1.29 is 14.5 Å². The van der Waals surface area contributed by atoms with Crippen molar-refractivity contribution >= 4 is 11.6 Å². The molecule has 1 saturated heterocycles. The molecular formula is C13H17N3O4. The summed E-state index contributed by atoms with van der Waals surface area (Å²) in [6.45, 7) is 2.26. The van der Waals surface area contributed by atoms with E-state index in [1.54, 1.807) is 0 Å². The van der Waals surface area contributed by atoms with Crippen LogP contribution in [0.3, 0.4) is 0 Å². The van der Waals surface area contributed by atoms with Crippen LogP contribution in [0.1, 0.15) is 23.2 Å². The first-order valence-corrected chi connectivity index (χ1v) is 6.49. The number of primary amides is 1. The summed E-state index contributed by atoms with van der Waals surface area (Å²) >= 11 is 0. The predicted octanol–water partition coefficient (Wildman–Crippen LogP) is 1.07. The van der Waals surface area contributed by atoms with Crippen molar-refractivity contribution in [1.29, 1.82) is 0 Å². The number of rotatable bonds is 5. The highest BCUT2D eigenvalue weighted by Gasteiger charge is 2.20. The zero-order valence-electron chi connectivity index (χ0n) is 11.0. The molecule has 0 saturated carbocycles. The third kappa shape index (κ3) is 3.45. The smallest absolute Gasteiger partial charge is 0.310 e. The topological polar surface area (TPSA) is 107 Å². The van der Waals surface area contributed by atoms with Gasteiger partial charge < -0.3 is 15.8 Å². The molecule has 2 rings (SSSR count). The van der Waals surface area contributed by atoms with Gasteiger partial charge in [-0.3, -0.25) is 14.9 Å². The highest BCUT2D eigenvalue weighted by atomic mass is 16.6. The summed E-state index contributed by atoms with van der Waals surface area (Å²) in [7, 11) is 0. The Morgan fingerprint density at radius 3 is 2.75 bits per heavy atom. The fourth-order valence-corrected chi connectivity index (χ4v) is 2.19. The summed E-state index contributed by atoms with van der Waals surface area (Å²) < 4.78 is 5.55. The van der Waals surface area contributed by atoms with Gasteiger partial charge in [-0.05, 0) is 37.9 Å².